The standard InChI is InChI=1S/C17H24ClN/c1-3-11-19-17(14-7-5-4-6-8-14)16-12-15(18)10-9-13(16)2/h7,9-10,12,17,19H,3-6,8,11H2,1-2H3. The Balaban J connectivity index is 2.30. The minimum Gasteiger partial charge on any atom is -0.307 e. The molecule has 2 heteroatoms. The summed E-state index contributed by atoms with van der Waals surface area (Å²) in [7, 11) is 0. The zero-order valence-corrected chi connectivity index (χ0v) is 12.8. The second-order valence-electron chi connectivity index (χ2n) is 5.41. The summed E-state index contributed by atoms with van der Waals surface area (Å²) in [5.41, 5.74) is 4.21. The van der Waals surface area contributed by atoms with E-state index in [-0.39, 0.29) is 0 Å². The molecule has 104 valence electrons. The summed E-state index contributed by atoms with van der Waals surface area (Å²) in [6.45, 7) is 5.44. The summed E-state index contributed by atoms with van der Waals surface area (Å²) >= 11 is 6.19. The van der Waals surface area contributed by atoms with E-state index in [9.17, 15) is 0 Å². The number of nitrogens with one attached hydrogen (secondary N) is 1. The van der Waals surface area contributed by atoms with Crippen LogP contribution in [-0.4, -0.2) is 6.54 Å². The molecule has 0 bridgehead atoms. The second kappa shape index (κ2) is 7.12. The van der Waals surface area contributed by atoms with E-state index in [0.29, 0.717) is 6.04 Å². The molecule has 19 heavy (non-hydrogen) atoms. The number of halogens is 1. The van der Waals surface area contributed by atoms with Gasteiger partial charge in [0.05, 0.1) is 6.04 Å². The van der Waals surface area contributed by atoms with Gasteiger partial charge in [0.1, 0.15) is 0 Å². The fraction of sp³-hybridized carbons (Fsp3) is 0.529. The van der Waals surface area contributed by atoms with E-state index in [4.69, 9.17) is 11.6 Å². The first-order valence-corrected chi connectivity index (χ1v) is 7.78. The molecule has 0 radical (unpaired) electrons. The molecule has 0 amide bonds. The normalized spacial score (nSPS) is 17.1. The molecule has 1 aromatic carbocycles. The lowest BCUT2D eigenvalue weighted by molar-refractivity contribution is 0.545. The maximum atomic E-state index is 6.19. The molecular weight excluding hydrogens is 254 g/mol. The molecule has 0 saturated carbocycles. The highest BCUT2D eigenvalue weighted by Crippen LogP contribution is 2.32. The summed E-state index contributed by atoms with van der Waals surface area (Å²) in [6, 6.07) is 6.58. The van der Waals surface area contributed by atoms with E-state index in [1.165, 1.54) is 36.8 Å². The van der Waals surface area contributed by atoms with Gasteiger partial charge in [0.15, 0.2) is 0 Å². The highest BCUT2D eigenvalue weighted by molar-refractivity contribution is 6.30. The van der Waals surface area contributed by atoms with Crippen LogP contribution in [0.25, 0.3) is 0 Å². The van der Waals surface area contributed by atoms with E-state index in [2.05, 4.69) is 37.4 Å². The average molecular weight is 278 g/mol. The third-order valence-electron chi connectivity index (χ3n) is 3.85. The lowest BCUT2D eigenvalue weighted by Crippen LogP contribution is -2.25. The van der Waals surface area contributed by atoms with Gasteiger partial charge < -0.3 is 5.32 Å². The summed E-state index contributed by atoms with van der Waals surface area (Å²) in [5, 5.41) is 4.53. The Hall–Kier alpha value is -0.790. The Morgan fingerprint density at radius 3 is 2.84 bits per heavy atom. The van der Waals surface area contributed by atoms with Crippen molar-refractivity contribution in [3.8, 4) is 0 Å². The number of hydrogen-bond acceptors (Lipinski definition) is 1. The molecule has 0 saturated heterocycles. The molecule has 1 aromatic rings. The van der Waals surface area contributed by atoms with Crippen LogP contribution in [0.1, 0.15) is 56.2 Å². The Morgan fingerprint density at radius 1 is 1.32 bits per heavy atom. The van der Waals surface area contributed by atoms with Gasteiger partial charge in [-0.2, -0.15) is 0 Å². The second-order valence-corrected chi connectivity index (χ2v) is 5.85. The van der Waals surface area contributed by atoms with E-state index in [1.807, 2.05) is 6.07 Å². The summed E-state index contributed by atoms with van der Waals surface area (Å²) in [5.74, 6) is 0. The summed E-state index contributed by atoms with van der Waals surface area (Å²) in [4.78, 5) is 0. The van der Waals surface area contributed by atoms with Crippen molar-refractivity contribution in [2.45, 2.75) is 52.0 Å². The smallest absolute Gasteiger partial charge is 0.0539 e. The number of benzene rings is 1. The van der Waals surface area contributed by atoms with Gasteiger partial charge in [-0.1, -0.05) is 36.2 Å². The third kappa shape index (κ3) is 3.84. The predicted octanol–water partition coefficient (Wildman–Crippen LogP) is 5.19. The minimum atomic E-state index is 0.346. The van der Waals surface area contributed by atoms with Gasteiger partial charge in [-0.15, -0.1) is 0 Å². The summed E-state index contributed by atoms with van der Waals surface area (Å²) in [6.07, 6.45) is 8.67. The van der Waals surface area contributed by atoms with Crippen molar-refractivity contribution in [1.29, 1.82) is 0 Å². The minimum absolute atomic E-state index is 0.346. The largest absolute Gasteiger partial charge is 0.307 e. The molecule has 0 fully saturated rings. The first-order valence-electron chi connectivity index (χ1n) is 7.40. The van der Waals surface area contributed by atoms with Crippen LogP contribution in [0.3, 0.4) is 0 Å². The molecule has 1 unspecified atom stereocenters. The Kier molecular flexibility index (Phi) is 5.47. The van der Waals surface area contributed by atoms with Gasteiger partial charge in [0.2, 0.25) is 0 Å². The topological polar surface area (TPSA) is 12.0 Å². The highest BCUT2D eigenvalue weighted by Gasteiger charge is 2.19. The summed E-state index contributed by atoms with van der Waals surface area (Å²) < 4.78 is 0. The van der Waals surface area contributed by atoms with Crippen molar-refractivity contribution >= 4 is 11.6 Å². The van der Waals surface area contributed by atoms with E-state index in [1.54, 1.807) is 5.57 Å². The van der Waals surface area contributed by atoms with Crippen LogP contribution in [0.5, 0.6) is 0 Å². The first kappa shape index (κ1) is 14.6. The van der Waals surface area contributed by atoms with Crippen LogP contribution < -0.4 is 5.32 Å². The molecule has 2 rings (SSSR count). The fourth-order valence-corrected chi connectivity index (χ4v) is 2.96. The maximum absolute atomic E-state index is 6.19. The first-order chi connectivity index (χ1) is 9.22. The van der Waals surface area contributed by atoms with Gasteiger partial charge in [-0.3, -0.25) is 0 Å². The van der Waals surface area contributed by atoms with Crippen molar-refractivity contribution in [3.05, 3.63) is 46.0 Å². The Bertz CT molecular complexity index is 451. The molecule has 1 aliphatic rings. The van der Waals surface area contributed by atoms with Crippen molar-refractivity contribution in [1.82, 2.24) is 5.32 Å². The fourth-order valence-electron chi connectivity index (χ4n) is 2.78. The number of rotatable bonds is 5. The van der Waals surface area contributed by atoms with Gasteiger partial charge in [-0.25, -0.2) is 0 Å². The maximum Gasteiger partial charge on any atom is 0.0539 e. The lowest BCUT2D eigenvalue weighted by Gasteiger charge is -2.26. The molecule has 0 spiro atoms. The number of aryl methyl sites for hydroxylation is 1. The van der Waals surface area contributed by atoms with E-state index in [0.717, 1.165) is 18.0 Å². The molecule has 1 nitrogen and oxygen atoms in total. The van der Waals surface area contributed by atoms with Crippen LogP contribution in [0, 0.1) is 6.92 Å². The van der Waals surface area contributed by atoms with Crippen molar-refractivity contribution in [3.63, 3.8) is 0 Å². The molecule has 1 N–H and O–H groups in total. The van der Waals surface area contributed by atoms with Gasteiger partial charge >= 0.3 is 0 Å². The quantitative estimate of drug-likeness (QED) is 0.731. The molecule has 1 atom stereocenters. The van der Waals surface area contributed by atoms with Crippen LogP contribution in [-0.2, 0) is 0 Å². The molecule has 0 aliphatic heterocycles. The zero-order valence-electron chi connectivity index (χ0n) is 12.0. The van der Waals surface area contributed by atoms with Crippen LogP contribution >= 0.6 is 11.6 Å². The predicted molar refractivity (Wildman–Crippen MR) is 83.8 cm³/mol. The average Bonchev–Trinajstić information content (AvgIpc) is 2.44. The molecular formula is C17H24ClN. The molecule has 0 aromatic heterocycles. The van der Waals surface area contributed by atoms with Gasteiger partial charge in [0, 0.05) is 5.02 Å². The Morgan fingerprint density at radius 2 is 2.16 bits per heavy atom. The van der Waals surface area contributed by atoms with Crippen molar-refractivity contribution < 1.29 is 0 Å². The Labute approximate surface area is 122 Å². The highest BCUT2D eigenvalue weighted by atomic mass is 35.5. The third-order valence-corrected chi connectivity index (χ3v) is 4.08. The zero-order chi connectivity index (χ0) is 13.7. The van der Waals surface area contributed by atoms with Crippen LogP contribution in [0.2, 0.25) is 5.02 Å². The monoisotopic (exact) mass is 277 g/mol. The van der Waals surface area contributed by atoms with Crippen LogP contribution in [0.15, 0.2) is 29.8 Å². The van der Waals surface area contributed by atoms with Crippen molar-refractivity contribution in [2.75, 3.05) is 6.54 Å². The molecule has 1 aliphatic carbocycles. The van der Waals surface area contributed by atoms with Crippen molar-refractivity contribution in [2.24, 2.45) is 0 Å². The van der Waals surface area contributed by atoms with E-state index >= 15 is 0 Å². The lowest BCUT2D eigenvalue weighted by atomic mass is 9.88. The molecule has 0 heterocycles. The van der Waals surface area contributed by atoms with Gasteiger partial charge in [0.25, 0.3) is 0 Å². The SMILES string of the molecule is CCCNC(C1=CCCCC1)c1cc(Cl)ccc1C. The van der Waals surface area contributed by atoms with E-state index < -0.39 is 0 Å². The van der Waals surface area contributed by atoms with Crippen LogP contribution in [0.4, 0.5) is 0 Å². The number of allylic oxidation sites excluding steroid dienone is 1. The number of hydrogen-bond donors (Lipinski definition) is 1. The van der Waals surface area contributed by atoms with Gasteiger partial charge in [-0.05, 0) is 68.8 Å².